The standard InChI is InChI=1S/C16H20N2O4/c1-21-13-2-3-15-10(5-13)4-11(9-22-15)16(20)18-7-12-6-17-8-14(12)19/h2-5,12,14,17,19H,6-9H2,1H3,(H,18,20). The number of aliphatic hydroxyl groups excluding tert-OH is 1. The molecule has 0 saturated carbocycles. The third-order valence-corrected chi connectivity index (χ3v) is 4.05. The van der Waals surface area contributed by atoms with Gasteiger partial charge in [0, 0.05) is 31.1 Å². The van der Waals surface area contributed by atoms with Crippen LogP contribution >= 0.6 is 0 Å². The first kappa shape index (κ1) is 14.9. The minimum Gasteiger partial charge on any atom is -0.497 e. The lowest BCUT2D eigenvalue weighted by atomic mass is 10.0. The zero-order valence-electron chi connectivity index (χ0n) is 12.5. The Morgan fingerprint density at radius 1 is 1.50 bits per heavy atom. The highest BCUT2D eigenvalue weighted by Crippen LogP contribution is 2.29. The van der Waals surface area contributed by atoms with Crippen LogP contribution in [-0.4, -0.2) is 50.5 Å². The minimum absolute atomic E-state index is 0.0569. The van der Waals surface area contributed by atoms with Crippen LogP contribution in [0.2, 0.25) is 0 Å². The number of fused-ring (bicyclic) bond motifs is 1. The van der Waals surface area contributed by atoms with Crippen molar-refractivity contribution in [3.8, 4) is 11.5 Å². The molecule has 1 fully saturated rings. The van der Waals surface area contributed by atoms with Crippen molar-refractivity contribution in [2.75, 3.05) is 33.4 Å². The third-order valence-electron chi connectivity index (χ3n) is 4.05. The van der Waals surface area contributed by atoms with E-state index in [-0.39, 0.29) is 18.4 Å². The molecule has 118 valence electrons. The molecule has 3 rings (SSSR count). The number of β-amino-alcohol motifs (C(OH)–C–C–N with tert-alkyl or cyclic N) is 1. The van der Waals surface area contributed by atoms with Crippen molar-refractivity contribution in [2.45, 2.75) is 6.10 Å². The van der Waals surface area contributed by atoms with E-state index >= 15 is 0 Å². The molecular formula is C16H20N2O4. The van der Waals surface area contributed by atoms with Gasteiger partial charge in [-0.25, -0.2) is 0 Å². The molecule has 0 radical (unpaired) electrons. The second-order valence-corrected chi connectivity index (χ2v) is 5.56. The Morgan fingerprint density at radius 2 is 2.36 bits per heavy atom. The number of ether oxygens (including phenoxy) is 2. The normalized spacial score (nSPS) is 23.3. The van der Waals surface area contributed by atoms with Crippen molar-refractivity contribution in [2.24, 2.45) is 5.92 Å². The molecule has 2 unspecified atom stereocenters. The number of carbonyl (C=O) groups is 1. The molecule has 1 aromatic rings. The number of methoxy groups -OCH3 is 1. The Bertz CT molecular complexity index is 600. The molecule has 2 heterocycles. The van der Waals surface area contributed by atoms with Crippen LogP contribution in [0.25, 0.3) is 6.08 Å². The lowest BCUT2D eigenvalue weighted by Crippen LogP contribution is -2.36. The fourth-order valence-corrected chi connectivity index (χ4v) is 2.68. The second-order valence-electron chi connectivity index (χ2n) is 5.56. The van der Waals surface area contributed by atoms with Crippen LogP contribution in [0.5, 0.6) is 11.5 Å². The van der Waals surface area contributed by atoms with Crippen molar-refractivity contribution < 1.29 is 19.4 Å². The van der Waals surface area contributed by atoms with Crippen molar-refractivity contribution in [3.63, 3.8) is 0 Å². The van der Waals surface area contributed by atoms with Crippen LogP contribution in [0.1, 0.15) is 5.56 Å². The summed E-state index contributed by atoms with van der Waals surface area (Å²) in [5.41, 5.74) is 1.40. The van der Waals surface area contributed by atoms with Crippen molar-refractivity contribution in [1.29, 1.82) is 0 Å². The van der Waals surface area contributed by atoms with Gasteiger partial charge in [0.25, 0.3) is 5.91 Å². The maximum absolute atomic E-state index is 12.2. The molecule has 0 aliphatic carbocycles. The summed E-state index contributed by atoms with van der Waals surface area (Å²) in [6.45, 7) is 2.00. The summed E-state index contributed by atoms with van der Waals surface area (Å²) in [4.78, 5) is 12.2. The lowest BCUT2D eigenvalue weighted by molar-refractivity contribution is -0.118. The van der Waals surface area contributed by atoms with Crippen molar-refractivity contribution >= 4 is 12.0 Å². The van der Waals surface area contributed by atoms with Crippen LogP contribution in [0.4, 0.5) is 0 Å². The summed E-state index contributed by atoms with van der Waals surface area (Å²) in [6.07, 6.45) is 1.42. The molecule has 2 aliphatic heterocycles. The minimum atomic E-state index is -0.401. The summed E-state index contributed by atoms with van der Waals surface area (Å²) in [5, 5.41) is 15.7. The molecule has 3 N–H and O–H groups in total. The summed E-state index contributed by atoms with van der Waals surface area (Å²) in [7, 11) is 1.60. The van der Waals surface area contributed by atoms with Crippen LogP contribution < -0.4 is 20.1 Å². The van der Waals surface area contributed by atoms with Gasteiger partial charge in [0.2, 0.25) is 0 Å². The van der Waals surface area contributed by atoms with Crippen molar-refractivity contribution in [3.05, 3.63) is 29.3 Å². The predicted octanol–water partition coefficient (Wildman–Crippen LogP) is 0.167. The number of hydrogen-bond acceptors (Lipinski definition) is 5. The maximum Gasteiger partial charge on any atom is 0.250 e. The van der Waals surface area contributed by atoms with Crippen molar-refractivity contribution in [1.82, 2.24) is 10.6 Å². The van der Waals surface area contributed by atoms with Gasteiger partial charge in [-0.05, 0) is 24.3 Å². The number of amides is 1. The molecule has 22 heavy (non-hydrogen) atoms. The molecule has 1 aromatic carbocycles. The van der Waals surface area contributed by atoms with Gasteiger partial charge in [-0.2, -0.15) is 0 Å². The molecule has 6 heteroatoms. The van der Waals surface area contributed by atoms with E-state index in [2.05, 4.69) is 10.6 Å². The van der Waals surface area contributed by atoms with Crippen LogP contribution in [0.15, 0.2) is 23.8 Å². The maximum atomic E-state index is 12.2. The smallest absolute Gasteiger partial charge is 0.250 e. The Balaban J connectivity index is 1.66. The van der Waals surface area contributed by atoms with E-state index in [1.807, 2.05) is 24.3 Å². The number of carbonyl (C=O) groups excluding carboxylic acids is 1. The van der Waals surface area contributed by atoms with Gasteiger partial charge in [0.05, 0.1) is 18.8 Å². The Kier molecular flexibility index (Phi) is 4.31. The second kappa shape index (κ2) is 6.37. The number of benzene rings is 1. The lowest BCUT2D eigenvalue weighted by Gasteiger charge is -2.19. The number of hydrogen-bond donors (Lipinski definition) is 3. The first-order valence-electron chi connectivity index (χ1n) is 7.36. The monoisotopic (exact) mass is 304 g/mol. The molecule has 1 amide bonds. The number of rotatable bonds is 4. The fourth-order valence-electron chi connectivity index (χ4n) is 2.68. The topological polar surface area (TPSA) is 79.8 Å². The van der Waals surface area contributed by atoms with E-state index in [9.17, 15) is 9.90 Å². The zero-order chi connectivity index (χ0) is 15.5. The van der Waals surface area contributed by atoms with E-state index in [4.69, 9.17) is 9.47 Å². The van der Waals surface area contributed by atoms with Gasteiger partial charge < -0.3 is 25.2 Å². The molecule has 2 aliphatic rings. The molecule has 2 atom stereocenters. The van der Waals surface area contributed by atoms with Crippen LogP contribution in [0.3, 0.4) is 0 Å². The average Bonchev–Trinajstić information content (AvgIpc) is 2.96. The van der Waals surface area contributed by atoms with Crippen LogP contribution in [-0.2, 0) is 4.79 Å². The van der Waals surface area contributed by atoms with E-state index in [1.165, 1.54) is 0 Å². The Labute approximate surface area is 129 Å². The number of aliphatic hydroxyl groups is 1. The predicted molar refractivity (Wildman–Crippen MR) is 81.8 cm³/mol. The fraction of sp³-hybridized carbons (Fsp3) is 0.438. The van der Waals surface area contributed by atoms with E-state index in [0.717, 1.165) is 23.6 Å². The van der Waals surface area contributed by atoms with Gasteiger partial charge in [-0.1, -0.05) is 0 Å². The zero-order valence-corrected chi connectivity index (χ0v) is 12.5. The van der Waals surface area contributed by atoms with E-state index < -0.39 is 6.10 Å². The molecular weight excluding hydrogens is 284 g/mol. The Morgan fingerprint density at radius 3 is 3.09 bits per heavy atom. The van der Waals surface area contributed by atoms with Crippen LogP contribution in [0, 0.1) is 5.92 Å². The van der Waals surface area contributed by atoms with Gasteiger partial charge >= 0.3 is 0 Å². The summed E-state index contributed by atoms with van der Waals surface area (Å²) in [5.74, 6) is 1.36. The van der Waals surface area contributed by atoms with Gasteiger partial charge in [-0.3, -0.25) is 4.79 Å². The largest absolute Gasteiger partial charge is 0.497 e. The SMILES string of the molecule is COc1ccc2c(c1)C=C(C(=O)NCC1CNCC1O)CO2. The highest BCUT2D eigenvalue weighted by molar-refractivity contribution is 5.99. The summed E-state index contributed by atoms with van der Waals surface area (Å²) in [6, 6.07) is 5.50. The molecule has 6 nitrogen and oxygen atoms in total. The summed E-state index contributed by atoms with van der Waals surface area (Å²) >= 11 is 0. The third kappa shape index (κ3) is 3.08. The number of nitrogens with one attached hydrogen (secondary N) is 2. The first-order valence-corrected chi connectivity index (χ1v) is 7.36. The average molecular weight is 304 g/mol. The van der Waals surface area contributed by atoms with E-state index in [1.54, 1.807) is 7.11 Å². The Hall–Kier alpha value is -2.05. The molecule has 0 aromatic heterocycles. The molecule has 0 spiro atoms. The molecule has 1 saturated heterocycles. The summed E-state index contributed by atoms with van der Waals surface area (Å²) < 4.78 is 10.8. The molecule has 0 bridgehead atoms. The van der Waals surface area contributed by atoms with E-state index in [0.29, 0.717) is 18.7 Å². The highest BCUT2D eigenvalue weighted by Gasteiger charge is 2.26. The van der Waals surface area contributed by atoms with Gasteiger partial charge in [0.1, 0.15) is 18.1 Å². The highest BCUT2D eigenvalue weighted by atomic mass is 16.5. The van der Waals surface area contributed by atoms with Gasteiger partial charge in [0.15, 0.2) is 0 Å². The van der Waals surface area contributed by atoms with Gasteiger partial charge in [-0.15, -0.1) is 0 Å². The quantitative estimate of drug-likeness (QED) is 0.739. The first-order chi connectivity index (χ1) is 10.7.